The molecule has 0 unspecified atom stereocenters. The standard InChI is InChI=1S/C21H20O3.3C2H6/c1-21(15-3-9-18(22)10-4-15,16-5-11-19(23)12-6-16)17-7-13-20(24-2)14-8-17;3*1-2/h3-14,22-23H,1-2H3;3*1-2H3. The molecule has 0 amide bonds. The van der Waals surface area contributed by atoms with Gasteiger partial charge in [-0.3, -0.25) is 0 Å². The third-order valence-electron chi connectivity index (χ3n) is 4.56. The molecular formula is C27H38O3. The maximum absolute atomic E-state index is 9.62. The number of hydrogen-bond acceptors (Lipinski definition) is 3. The van der Waals surface area contributed by atoms with Crippen molar-refractivity contribution >= 4 is 0 Å². The summed E-state index contributed by atoms with van der Waals surface area (Å²) in [7, 11) is 1.65. The smallest absolute Gasteiger partial charge is 0.118 e. The van der Waals surface area contributed by atoms with Gasteiger partial charge in [0.05, 0.1) is 7.11 Å². The number of hydrogen-bond donors (Lipinski definition) is 2. The van der Waals surface area contributed by atoms with E-state index in [0.717, 1.165) is 22.4 Å². The summed E-state index contributed by atoms with van der Waals surface area (Å²) in [5.41, 5.74) is 2.78. The van der Waals surface area contributed by atoms with Crippen molar-refractivity contribution in [3.8, 4) is 17.2 Å². The highest BCUT2D eigenvalue weighted by Crippen LogP contribution is 2.40. The van der Waals surface area contributed by atoms with Crippen molar-refractivity contribution in [2.75, 3.05) is 7.11 Å². The predicted molar refractivity (Wildman–Crippen MR) is 129 cm³/mol. The Morgan fingerprint density at radius 2 is 0.800 bits per heavy atom. The van der Waals surface area contributed by atoms with Crippen LogP contribution < -0.4 is 4.74 Å². The van der Waals surface area contributed by atoms with Crippen LogP contribution in [0.5, 0.6) is 17.2 Å². The van der Waals surface area contributed by atoms with Crippen LogP contribution in [0.2, 0.25) is 0 Å². The van der Waals surface area contributed by atoms with Crippen LogP contribution >= 0.6 is 0 Å². The van der Waals surface area contributed by atoms with E-state index in [4.69, 9.17) is 4.74 Å². The van der Waals surface area contributed by atoms with Gasteiger partial charge < -0.3 is 14.9 Å². The highest BCUT2D eigenvalue weighted by Gasteiger charge is 2.31. The second-order valence-electron chi connectivity index (χ2n) is 5.95. The van der Waals surface area contributed by atoms with Gasteiger partial charge >= 0.3 is 0 Å². The topological polar surface area (TPSA) is 49.7 Å². The molecule has 0 aromatic heterocycles. The lowest BCUT2D eigenvalue weighted by molar-refractivity contribution is 0.414. The molecule has 2 N–H and O–H groups in total. The number of ether oxygens (including phenoxy) is 1. The molecule has 0 aliphatic carbocycles. The molecule has 3 heteroatoms. The number of phenolic OH excluding ortho intramolecular Hbond substituents is 2. The fraction of sp³-hybridized carbons (Fsp3) is 0.333. The molecule has 3 rings (SSSR count). The minimum absolute atomic E-state index is 0.238. The summed E-state index contributed by atoms with van der Waals surface area (Å²) in [5, 5.41) is 19.2. The maximum Gasteiger partial charge on any atom is 0.118 e. The van der Waals surface area contributed by atoms with Crippen LogP contribution in [0.3, 0.4) is 0 Å². The second-order valence-corrected chi connectivity index (χ2v) is 5.95. The first kappa shape index (κ1) is 27.1. The first-order chi connectivity index (χ1) is 14.5. The lowest BCUT2D eigenvalue weighted by atomic mass is 9.71. The zero-order valence-corrected chi connectivity index (χ0v) is 19.7. The molecule has 0 aliphatic rings. The highest BCUT2D eigenvalue weighted by atomic mass is 16.5. The summed E-state index contributed by atoms with van der Waals surface area (Å²) >= 11 is 0. The van der Waals surface area contributed by atoms with Crippen LogP contribution in [0, 0.1) is 0 Å². The third-order valence-corrected chi connectivity index (χ3v) is 4.56. The van der Waals surface area contributed by atoms with Crippen LogP contribution in [-0.2, 0) is 5.41 Å². The second kappa shape index (κ2) is 14.1. The SMILES string of the molecule is CC.CC.CC.COc1ccc(C(C)(c2ccc(O)cc2)c2ccc(O)cc2)cc1. The Bertz CT molecular complexity index is 759. The first-order valence-electron chi connectivity index (χ1n) is 10.8. The Morgan fingerprint density at radius 1 is 0.533 bits per heavy atom. The van der Waals surface area contributed by atoms with Crippen molar-refractivity contribution < 1.29 is 14.9 Å². The van der Waals surface area contributed by atoms with E-state index in [9.17, 15) is 10.2 Å². The van der Waals surface area contributed by atoms with Gasteiger partial charge in [-0.2, -0.15) is 0 Å². The van der Waals surface area contributed by atoms with E-state index in [-0.39, 0.29) is 11.5 Å². The van der Waals surface area contributed by atoms with Crippen molar-refractivity contribution in [2.45, 2.75) is 53.9 Å². The molecule has 0 spiro atoms. The molecule has 3 nitrogen and oxygen atoms in total. The Morgan fingerprint density at radius 3 is 1.07 bits per heavy atom. The molecule has 0 saturated heterocycles. The highest BCUT2D eigenvalue weighted by molar-refractivity contribution is 5.51. The molecule has 0 aliphatic heterocycles. The summed E-state index contributed by atoms with van der Waals surface area (Å²) in [6.45, 7) is 14.1. The zero-order valence-electron chi connectivity index (χ0n) is 19.7. The molecule has 3 aromatic carbocycles. The Balaban J connectivity index is 0.00000129. The molecule has 0 heterocycles. The van der Waals surface area contributed by atoms with E-state index in [1.54, 1.807) is 31.4 Å². The fourth-order valence-electron chi connectivity index (χ4n) is 3.01. The molecule has 164 valence electrons. The molecule has 0 atom stereocenters. The summed E-state index contributed by atoms with van der Waals surface area (Å²) in [6.07, 6.45) is 0. The fourth-order valence-corrected chi connectivity index (χ4v) is 3.01. The summed E-state index contributed by atoms with van der Waals surface area (Å²) in [6, 6.07) is 22.4. The van der Waals surface area contributed by atoms with E-state index in [0.29, 0.717) is 0 Å². The van der Waals surface area contributed by atoms with Gasteiger partial charge in [-0.25, -0.2) is 0 Å². The van der Waals surface area contributed by atoms with Crippen molar-refractivity contribution in [3.05, 3.63) is 89.5 Å². The number of phenols is 2. The minimum Gasteiger partial charge on any atom is -0.508 e. The molecule has 0 saturated carbocycles. The van der Waals surface area contributed by atoms with Gasteiger partial charge in [0.25, 0.3) is 0 Å². The average molecular weight is 411 g/mol. The molecule has 0 fully saturated rings. The van der Waals surface area contributed by atoms with Crippen molar-refractivity contribution in [1.82, 2.24) is 0 Å². The largest absolute Gasteiger partial charge is 0.508 e. The van der Waals surface area contributed by atoms with E-state index in [1.807, 2.05) is 90.1 Å². The van der Waals surface area contributed by atoms with Gasteiger partial charge in [0.1, 0.15) is 17.2 Å². The Labute approximate surface area is 183 Å². The monoisotopic (exact) mass is 410 g/mol. The van der Waals surface area contributed by atoms with Gasteiger partial charge in [-0.15, -0.1) is 0 Å². The summed E-state index contributed by atoms with van der Waals surface area (Å²) < 4.78 is 5.26. The molecular weight excluding hydrogens is 372 g/mol. The van der Waals surface area contributed by atoms with Gasteiger partial charge in [-0.05, 0) is 60.0 Å². The van der Waals surface area contributed by atoms with Crippen molar-refractivity contribution in [3.63, 3.8) is 0 Å². The van der Waals surface area contributed by atoms with Crippen LogP contribution in [0.15, 0.2) is 72.8 Å². The van der Waals surface area contributed by atoms with E-state index in [1.165, 1.54) is 0 Å². The molecule has 0 radical (unpaired) electrons. The zero-order chi connectivity index (χ0) is 23.2. The third kappa shape index (κ3) is 6.55. The van der Waals surface area contributed by atoms with Crippen molar-refractivity contribution in [1.29, 1.82) is 0 Å². The lowest BCUT2D eigenvalue weighted by Gasteiger charge is -2.32. The Hall–Kier alpha value is -2.94. The minimum atomic E-state index is -0.423. The number of benzene rings is 3. The quantitative estimate of drug-likeness (QED) is 0.437. The normalized spacial score (nSPS) is 9.60. The molecule has 3 aromatic rings. The van der Waals surface area contributed by atoms with E-state index >= 15 is 0 Å². The number of aromatic hydroxyl groups is 2. The number of methoxy groups -OCH3 is 1. The van der Waals surface area contributed by atoms with Crippen LogP contribution in [0.4, 0.5) is 0 Å². The lowest BCUT2D eigenvalue weighted by Crippen LogP contribution is -2.25. The maximum atomic E-state index is 9.62. The van der Waals surface area contributed by atoms with Gasteiger partial charge in [0.15, 0.2) is 0 Å². The number of rotatable bonds is 4. The Kier molecular flexibility index (Phi) is 12.7. The van der Waals surface area contributed by atoms with Gasteiger partial charge in [0, 0.05) is 5.41 Å². The van der Waals surface area contributed by atoms with E-state index < -0.39 is 5.41 Å². The van der Waals surface area contributed by atoms with E-state index in [2.05, 4.69) is 6.92 Å². The molecule has 30 heavy (non-hydrogen) atoms. The first-order valence-corrected chi connectivity index (χ1v) is 10.8. The van der Waals surface area contributed by atoms with Gasteiger partial charge in [-0.1, -0.05) is 77.9 Å². The van der Waals surface area contributed by atoms with Crippen LogP contribution in [0.25, 0.3) is 0 Å². The molecule has 0 bridgehead atoms. The van der Waals surface area contributed by atoms with Crippen LogP contribution in [-0.4, -0.2) is 17.3 Å². The van der Waals surface area contributed by atoms with Gasteiger partial charge in [0.2, 0.25) is 0 Å². The summed E-state index contributed by atoms with van der Waals surface area (Å²) in [4.78, 5) is 0. The predicted octanol–water partition coefficient (Wildman–Crippen LogP) is 7.54. The van der Waals surface area contributed by atoms with Crippen molar-refractivity contribution in [2.24, 2.45) is 0 Å². The average Bonchev–Trinajstić information content (AvgIpc) is 2.83. The summed E-state index contributed by atoms with van der Waals surface area (Å²) in [5.74, 6) is 1.28. The van der Waals surface area contributed by atoms with Crippen LogP contribution in [0.1, 0.15) is 65.2 Å².